The van der Waals surface area contributed by atoms with Gasteiger partial charge >= 0.3 is 0 Å². The van der Waals surface area contributed by atoms with Crippen molar-refractivity contribution in [2.24, 2.45) is 0 Å². The Labute approximate surface area is 93.7 Å². The smallest absolute Gasteiger partial charge is 0.168 e. The van der Waals surface area contributed by atoms with Gasteiger partial charge < -0.3 is 4.52 Å². The van der Waals surface area contributed by atoms with Crippen LogP contribution < -0.4 is 0 Å². The van der Waals surface area contributed by atoms with Crippen LogP contribution in [0.4, 0.5) is 0 Å². The average molecular weight is 219 g/mol. The molecule has 0 spiro atoms. The molecule has 0 atom stereocenters. The number of rotatable bonds is 2. The van der Waals surface area contributed by atoms with Gasteiger partial charge in [-0.15, -0.1) is 11.8 Å². The number of nitrogens with zero attached hydrogens (tertiary/aromatic N) is 1. The maximum Gasteiger partial charge on any atom is 0.168 e. The van der Waals surface area contributed by atoms with E-state index >= 15 is 0 Å². The molecule has 0 N–H and O–H groups in total. The maximum absolute atomic E-state index is 5.31. The normalized spacial score (nSPS) is 10.6. The Bertz CT molecular complexity index is 476. The van der Waals surface area contributed by atoms with Crippen molar-refractivity contribution in [1.29, 1.82) is 0 Å². The quantitative estimate of drug-likeness (QED) is 0.721. The second kappa shape index (κ2) is 4.11. The zero-order valence-corrected chi connectivity index (χ0v) is 9.89. The zero-order valence-electron chi connectivity index (χ0n) is 9.07. The molecule has 1 aromatic heterocycles. The minimum atomic E-state index is 0.856. The molecule has 0 radical (unpaired) electrons. The van der Waals surface area contributed by atoms with Crippen LogP contribution in [0.3, 0.4) is 0 Å². The first-order chi connectivity index (χ1) is 7.22. The van der Waals surface area contributed by atoms with Crippen molar-refractivity contribution in [2.45, 2.75) is 18.7 Å². The van der Waals surface area contributed by atoms with Gasteiger partial charge in [0.25, 0.3) is 0 Å². The minimum absolute atomic E-state index is 0.856. The first kappa shape index (κ1) is 10.3. The largest absolute Gasteiger partial charge is 0.356 e. The standard InChI is InChI=1S/C12H13NOS/c1-8-5-4-6-11(15-3)12(8)10-7-9(2)13-14-10/h4-7H,1-3H3. The summed E-state index contributed by atoms with van der Waals surface area (Å²) >= 11 is 1.73. The van der Waals surface area contributed by atoms with Gasteiger partial charge in [0.2, 0.25) is 0 Å². The third-order valence-electron chi connectivity index (χ3n) is 2.33. The van der Waals surface area contributed by atoms with Crippen molar-refractivity contribution < 1.29 is 4.52 Å². The van der Waals surface area contributed by atoms with Gasteiger partial charge in [-0.3, -0.25) is 0 Å². The predicted octanol–water partition coefficient (Wildman–Crippen LogP) is 3.68. The Morgan fingerprint density at radius 2 is 2.07 bits per heavy atom. The highest BCUT2D eigenvalue weighted by Gasteiger charge is 2.11. The number of aryl methyl sites for hydroxylation is 2. The molecule has 0 amide bonds. The molecule has 1 heterocycles. The van der Waals surface area contributed by atoms with Crippen molar-refractivity contribution in [3.05, 3.63) is 35.5 Å². The van der Waals surface area contributed by atoms with E-state index in [-0.39, 0.29) is 0 Å². The highest BCUT2D eigenvalue weighted by Crippen LogP contribution is 2.33. The van der Waals surface area contributed by atoms with Crippen LogP contribution >= 0.6 is 11.8 Å². The van der Waals surface area contributed by atoms with Crippen LogP contribution in [-0.4, -0.2) is 11.4 Å². The highest BCUT2D eigenvalue weighted by atomic mass is 32.2. The van der Waals surface area contributed by atoms with Gasteiger partial charge in [-0.25, -0.2) is 0 Å². The van der Waals surface area contributed by atoms with E-state index in [0.717, 1.165) is 17.0 Å². The summed E-state index contributed by atoms with van der Waals surface area (Å²) in [4.78, 5) is 1.23. The molecule has 0 unspecified atom stereocenters. The molecule has 1 aromatic carbocycles. The van der Waals surface area contributed by atoms with E-state index in [1.54, 1.807) is 11.8 Å². The Morgan fingerprint density at radius 1 is 1.27 bits per heavy atom. The zero-order chi connectivity index (χ0) is 10.8. The Kier molecular flexibility index (Phi) is 2.82. The van der Waals surface area contributed by atoms with Gasteiger partial charge in [-0.05, 0) is 31.7 Å². The molecule has 2 rings (SSSR count). The van der Waals surface area contributed by atoms with E-state index in [1.807, 2.05) is 13.0 Å². The Hall–Kier alpha value is -1.22. The molecule has 2 aromatic rings. The van der Waals surface area contributed by atoms with Crippen LogP contribution in [0.2, 0.25) is 0 Å². The lowest BCUT2D eigenvalue weighted by molar-refractivity contribution is 0.426. The second-order valence-electron chi connectivity index (χ2n) is 3.48. The molecule has 0 saturated heterocycles. The first-order valence-electron chi connectivity index (χ1n) is 4.79. The van der Waals surface area contributed by atoms with Gasteiger partial charge in [0.1, 0.15) is 0 Å². The summed E-state index contributed by atoms with van der Waals surface area (Å²) in [5.74, 6) is 0.856. The lowest BCUT2D eigenvalue weighted by atomic mass is 10.1. The van der Waals surface area contributed by atoms with E-state index in [9.17, 15) is 0 Å². The number of hydrogen-bond donors (Lipinski definition) is 0. The summed E-state index contributed by atoms with van der Waals surface area (Å²) in [6.07, 6.45) is 2.07. The monoisotopic (exact) mass is 219 g/mol. The van der Waals surface area contributed by atoms with Crippen LogP contribution in [0.1, 0.15) is 11.3 Å². The predicted molar refractivity (Wildman–Crippen MR) is 63.2 cm³/mol. The van der Waals surface area contributed by atoms with Gasteiger partial charge in [-0.2, -0.15) is 0 Å². The number of hydrogen-bond acceptors (Lipinski definition) is 3. The number of benzene rings is 1. The summed E-state index contributed by atoms with van der Waals surface area (Å²) < 4.78 is 5.31. The summed E-state index contributed by atoms with van der Waals surface area (Å²) in [5.41, 5.74) is 3.30. The van der Waals surface area contributed by atoms with Crippen molar-refractivity contribution in [3.8, 4) is 11.3 Å². The van der Waals surface area contributed by atoms with Gasteiger partial charge in [-0.1, -0.05) is 17.3 Å². The van der Waals surface area contributed by atoms with Crippen LogP contribution in [0.25, 0.3) is 11.3 Å². The molecule has 0 aliphatic heterocycles. The lowest BCUT2D eigenvalue weighted by Crippen LogP contribution is -1.84. The molecular formula is C12H13NOS. The molecule has 0 fully saturated rings. The van der Waals surface area contributed by atoms with Crippen LogP contribution in [-0.2, 0) is 0 Å². The first-order valence-corrected chi connectivity index (χ1v) is 6.02. The van der Waals surface area contributed by atoms with Crippen molar-refractivity contribution >= 4 is 11.8 Å². The molecule has 0 aliphatic rings. The van der Waals surface area contributed by atoms with E-state index in [1.165, 1.54) is 10.5 Å². The fourth-order valence-electron chi connectivity index (χ4n) is 1.61. The van der Waals surface area contributed by atoms with Gasteiger partial charge in [0, 0.05) is 16.5 Å². The van der Waals surface area contributed by atoms with Crippen molar-refractivity contribution in [2.75, 3.05) is 6.26 Å². The molecule has 15 heavy (non-hydrogen) atoms. The summed E-state index contributed by atoms with van der Waals surface area (Å²) in [6.45, 7) is 4.02. The van der Waals surface area contributed by atoms with E-state index < -0.39 is 0 Å². The fourth-order valence-corrected chi connectivity index (χ4v) is 2.29. The summed E-state index contributed by atoms with van der Waals surface area (Å²) in [5, 5.41) is 3.93. The average Bonchev–Trinajstić information content (AvgIpc) is 2.64. The number of thioether (sulfide) groups is 1. The molecule has 0 aliphatic carbocycles. The van der Waals surface area contributed by atoms with E-state index in [2.05, 4.69) is 36.5 Å². The number of aromatic nitrogens is 1. The van der Waals surface area contributed by atoms with Gasteiger partial charge in [0.05, 0.1) is 5.69 Å². The summed E-state index contributed by atoms with van der Waals surface area (Å²) in [7, 11) is 0. The third-order valence-corrected chi connectivity index (χ3v) is 3.11. The Balaban J connectivity index is 2.60. The van der Waals surface area contributed by atoms with Crippen LogP contribution in [0.5, 0.6) is 0 Å². The maximum atomic E-state index is 5.31. The Morgan fingerprint density at radius 3 is 2.67 bits per heavy atom. The molecular weight excluding hydrogens is 206 g/mol. The second-order valence-corrected chi connectivity index (χ2v) is 4.33. The molecule has 2 nitrogen and oxygen atoms in total. The van der Waals surface area contributed by atoms with Crippen LogP contribution in [0.15, 0.2) is 33.7 Å². The topological polar surface area (TPSA) is 26.0 Å². The SMILES string of the molecule is CSc1cccc(C)c1-c1cc(C)no1. The molecule has 3 heteroatoms. The third kappa shape index (κ3) is 1.92. The molecule has 0 saturated carbocycles. The fraction of sp³-hybridized carbons (Fsp3) is 0.250. The van der Waals surface area contributed by atoms with E-state index in [4.69, 9.17) is 4.52 Å². The highest BCUT2D eigenvalue weighted by molar-refractivity contribution is 7.98. The van der Waals surface area contributed by atoms with Crippen molar-refractivity contribution in [3.63, 3.8) is 0 Å². The summed E-state index contributed by atoms with van der Waals surface area (Å²) in [6, 6.07) is 8.23. The molecule has 78 valence electrons. The molecule has 0 bridgehead atoms. The van der Waals surface area contributed by atoms with Crippen molar-refractivity contribution in [1.82, 2.24) is 5.16 Å². The van der Waals surface area contributed by atoms with Crippen LogP contribution in [0, 0.1) is 13.8 Å². The minimum Gasteiger partial charge on any atom is -0.356 e. The van der Waals surface area contributed by atoms with Gasteiger partial charge in [0.15, 0.2) is 5.76 Å². The van der Waals surface area contributed by atoms with E-state index in [0.29, 0.717) is 0 Å². The lowest BCUT2D eigenvalue weighted by Gasteiger charge is -2.06.